The minimum Gasteiger partial charge on any atom is -0.465 e. The summed E-state index contributed by atoms with van der Waals surface area (Å²) < 4.78 is 6.01. The summed E-state index contributed by atoms with van der Waals surface area (Å²) in [6.45, 7) is 0. The second-order valence-corrected chi connectivity index (χ2v) is 2.39. The van der Waals surface area contributed by atoms with E-state index in [1.54, 1.807) is 18.3 Å². The van der Waals surface area contributed by atoms with Crippen LogP contribution in [0.3, 0.4) is 0 Å². The Bertz CT molecular complexity index is 450. The Morgan fingerprint density at radius 3 is 3.23 bits per heavy atom. The van der Waals surface area contributed by atoms with Crippen LogP contribution in [0, 0.1) is 0 Å². The molecule has 0 N–H and O–H groups in total. The summed E-state index contributed by atoms with van der Waals surface area (Å²) in [5.74, 6) is -0.398. The first kappa shape index (κ1) is 7.66. The van der Waals surface area contributed by atoms with Gasteiger partial charge in [-0.25, -0.2) is 9.31 Å². The molecule has 0 atom stereocenters. The summed E-state index contributed by atoms with van der Waals surface area (Å²) in [4.78, 5) is 11.1. The van der Waals surface area contributed by atoms with E-state index in [1.165, 1.54) is 11.6 Å². The van der Waals surface area contributed by atoms with Gasteiger partial charge in [0.25, 0.3) is 0 Å². The Kier molecular flexibility index (Phi) is 1.66. The molecular formula is C7H6N4O2. The zero-order chi connectivity index (χ0) is 9.26. The van der Waals surface area contributed by atoms with E-state index >= 15 is 0 Å². The molecule has 0 fully saturated rings. The van der Waals surface area contributed by atoms with Gasteiger partial charge < -0.3 is 4.74 Å². The Labute approximate surface area is 73.1 Å². The van der Waals surface area contributed by atoms with Crippen molar-refractivity contribution in [3.8, 4) is 0 Å². The molecule has 13 heavy (non-hydrogen) atoms. The van der Waals surface area contributed by atoms with E-state index in [0.717, 1.165) is 0 Å². The number of esters is 1. The summed E-state index contributed by atoms with van der Waals surface area (Å²) >= 11 is 0. The molecule has 0 aromatic carbocycles. The van der Waals surface area contributed by atoms with Gasteiger partial charge in [0.05, 0.1) is 12.7 Å². The van der Waals surface area contributed by atoms with Crippen molar-refractivity contribution in [3.63, 3.8) is 0 Å². The van der Waals surface area contributed by atoms with Crippen molar-refractivity contribution in [1.82, 2.24) is 20.0 Å². The number of methoxy groups -OCH3 is 1. The molecule has 0 saturated carbocycles. The first-order valence-corrected chi connectivity index (χ1v) is 3.57. The monoisotopic (exact) mass is 178 g/mol. The third-order valence-corrected chi connectivity index (χ3v) is 1.62. The summed E-state index contributed by atoms with van der Waals surface area (Å²) in [5, 5.41) is 10.8. The van der Waals surface area contributed by atoms with Crippen LogP contribution in [0.2, 0.25) is 0 Å². The van der Waals surface area contributed by atoms with Crippen molar-refractivity contribution in [1.29, 1.82) is 0 Å². The van der Waals surface area contributed by atoms with E-state index in [9.17, 15) is 4.79 Å². The van der Waals surface area contributed by atoms with E-state index in [0.29, 0.717) is 11.2 Å². The van der Waals surface area contributed by atoms with E-state index < -0.39 is 5.97 Å². The SMILES string of the molecule is COC(=O)c1ccn2nnnc2c1. The van der Waals surface area contributed by atoms with Crippen molar-refractivity contribution in [2.75, 3.05) is 7.11 Å². The number of carbonyl (C=O) groups is 1. The Hall–Kier alpha value is -1.98. The van der Waals surface area contributed by atoms with E-state index in [-0.39, 0.29) is 0 Å². The fourth-order valence-corrected chi connectivity index (χ4v) is 0.985. The summed E-state index contributed by atoms with van der Waals surface area (Å²) in [7, 11) is 1.33. The molecule has 2 aromatic heterocycles. The van der Waals surface area contributed by atoms with Gasteiger partial charge in [-0.15, -0.1) is 5.10 Å². The van der Waals surface area contributed by atoms with Crippen molar-refractivity contribution >= 4 is 11.6 Å². The fourth-order valence-electron chi connectivity index (χ4n) is 0.985. The number of fused-ring (bicyclic) bond motifs is 1. The maximum Gasteiger partial charge on any atom is 0.338 e. The Balaban J connectivity index is 2.54. The molecule has 0 bridgehead atoms. The fraction of sp³-hybridized carbons (Fsp3) is 0.143. The average Bonchev–Trinajstić information content (AvgIpc) is 2.63. The number of tetrazole rings is 1. The molecule has 2 heterocycles. The van der Waals surface area contributed by atoms with Gasteiger partial charge in [-0.2, -0.15) is 0 Å². The van der Waals surface area contributed by atoms with Crippen molar-refractivity contribution in [3.05, 3.63) is 23.9 Å². The van der Waals surface area contributed by atoms with E-state index in [4.69, 9.17) is 0 Å². The molecule has 0 aliphatic carbocycles. The third-order valence-electron chi connectivity index (χ3n) is 1.62. The molecule has 0 aliphatic rings. The van der Waals surface area contributed by atoms with Crippen LogP contribution in [-0.2, 0) is 4.74 Å². The predicted octanol–water partition coefficient (Wildman–Crippen LogP) is -0.0891. The summed E-state index contributed by atoms with van der Waals surface area (Å²) in [5.41, 5.74) is 0.952. The largest absolute Gasteiger partial charge is 0.465 e. The number of hydrogen-bond donors (Lipinski definition) is 0. The first-order valence-electron chi connectivity index (χ1n) is 3.57. The highest BCUT2D eigenvalue weighted by Crippen LogP contribution is 2.03. The molecule has 0 unspecified atom stereocenters. The molecule has 66 valence electrons. The van der Waals surface area contributed by atoms with Gasteiger partial charge in [0.1, 0.15) is 0 Å². The molecule has 2 rings (SSSR count). The van der Waals surface area contributed by atoms with Crippen LogP contribution in [0.15, 0.2) is 18.3 Å². The normalized spacial score (nSPS) is 10.2. The van der Waals surface area contributed by atoms with Crippen molar-refractivity contribution in [2.24, 2.45) is 0 Å². The Morgan fingerprint density at radius 2 is 2.46 bits per heavy atom. The highest BCUT2D eigenvalue weighted by molar-refractivity contribution is 5.90. The van der Waals surface area contributed by atoms with E-state index in [2.05, 4.69) is 20.3 Å². The molecule has 0 amide bonds. The molecule has 0 saturated heterocycles. The number of pyridine rings is 1. The van der Waals surface area contributed by atoms with Gasteiger partial charge in [0, 0.05) is 6.20 Å². The third kappa shape index (κ3) is 1.22. The van der Waals surface area contributed by atoms with E-state index in [1.807, 2.05) is 0 Å². The van der Waals surface area contributed by atoms with Crippen molar-refractivity contribution in [2.45, 2.75) is 0 Å². The van der Waals surface area contributed by atoms with Crippen LogP contribution in [0.25, 0.3) is 5.65 Å². The molecule has 0 aliphatic heterocycles. The van der Waals surface area contributed by atoms with Crippen LogP contribution in [-0.4, -0.2) is 33.1 Å². The van der Waals surface area contributed by atoms with Gasteiger partial charge in [0.2, 0.25) is 0 Å². The Morgan fingerprint density at radius 1 is 1.62 bits per heavy atom. The molecule has 6 heteroatoms. The predicted molar refractivity (Wildman–Crippen MR) is 42.1 cm³/mol. The quantitative estimate of drug-likeness (QED) is 0.571. The minimum atomic E-state index is -0.398. The van der Waals surface area contributed by atoms with Crippen LogP contribution in [0.4, 0.5) is 0 Å². The van der Waals surface area contributed by atoms with Gasteiger partial charge in [0.15, 0.2) is 5.65 Å². The highest BCUT2D eigenvalue weighted by Gasteiger charge is 2.06. The first-order chi connectivity index (χ1) is 6.31. The number of aromatic nitrogens is 4. The van der Waals surface area contributed by atoms with Gasteiger partial charge in [-0.05, 0) is 22.6 Å². The topological polar surface area (TPSA) is 69.4 Å². The minimum absolute atomic E-state index is 0.398. The zero-order valence-corrected chi connectivity index (χ0v) is 6.84. The lowest BCUT2D eigenvalue weighted by Gasteiger charge is -1.97. The van der Waals surface area contributed by atoms with Crippen LogP contribution < -0.4 is 0 Å². The lowest BCUT2D eigenvalue weighted by atomic mass is 10.3. The molecular weight excluding hydrogens is 172 g/mol. The van der Waals surface area contributed by atoms with Crippen LogP contribution >= 0.6 is 0 Å². The average molecular weight is 178 g/mol. The second kappa shape index (κ2) is 2.81. The molecule has 0 spiro atoms. The molecule has 6 nitrogen and oxygen atoms in total. The summed E-state index contributed by atoms with van der Waals surface area (Å²) in [6.07, 6.45) is 1.60. The molecule has 2 aromatic rings. The number of ether oxygens (including phenoxy) is 1. The lowest BCUT2D eigenvalue weighted by molar-refractivity contribution is 0.0600. The number of nitrogens with zero attached hydrogens (tertiary/aromatic N) is 4. The van der Waals surface area contributed by atoms with Gasteiger partial charge in [-0.3, -0.25) is 0 Å². The zero-order valence-electron chi connectivity index (χ0n) is 6.84. The maximum atomic E-state index is 11.1. The lowest BCUT2D eigenvalue weighted by Crippen LogP contribution is -2.02. The van der Waals surface area contributed by atoms with Crippen LogP contribution in [0.1, 0.15) is 10.4 Å². The molecule has 0 radical (unpaired) electrons. The second-order valence-electron chi connectivity index (χ2n) is 2.39. The standard InChI is InChI=1S/C7H6N4O2/c1-13-7(12)5-2-3-11-6(4-5)8-9-10-11/h2-4H,1H3. The van der Waals surface area contributed by atoms with Gasteiger partial charge in [-0.1, -0.05) is 0 Å². The van der Waals surface area contributed by atoms with Crippen molar-refractivity contribution < 1.29 is 9.53 Å². The smallest absolute Gasteiger partial charge is 0.338 e. The number of hydrogen-bond acceptors (Lipinski definition) is 5. The number of rotatable bonds is 1. The summed E-state index contributed by atoms with van der Waals surface area (Å²) in [6, 6.07) is 3.15. The highest BCUT2D eigenvalue weighted by atomic mass is 16.5. The number of carbonyl (C=O) groups excluding carboxylic acids is 1. The van der Waals surface area contributed by atoms with Crippen LogP contribution in [0.5, 0.6) is 0 Å². The van der Waals surface area contributed by atoms with Gasteiger partial charge >= 0.3 is 5.97 Å². The maximum absolute atomic E-state index is 11.1.